The van der Waals surface area contributed by atoms with Crippen LogP contribution >= 0.6 is 23.2 Å². The first-order valence-electron chi connectivity index (χ1n) is 5.58. The highest BCUT2D eigenvalue weighted by atomic mass is 35.5. The van der Waals surface area contributed by atoms with Gasteiger partial charge in [0.1, 0.15) is 18.0 Å². The number of hydrogen-bond donors (Lipinski definition) is 1. The van der Waals surface area contributed by atoms with Crippen molar-refractivity contribution in [2.75, 3.05) is 0 Å². The molecule has 0 saturated heterocycles. The van der Waals surface area contributed by atoms with Gasteiger partial charge in [0, 0.05) is 5.56 Å². The minimum absolute atomic E-state index is 0.000965. The molecule has 0 saturated carbocycles. The molecule has 0 aliphatic heterocycles. The summed E-state index contributed by atoms with van der Waals surface area (Å²) in [5.41, 5.74) is 0.133. The van der Waals surface area contributed by atoms with Gasteiger partial charge in [0.15, 0.2) is 5.75 Å². The summed E-state index contributed by atoms with van der Waals surface area (Å²) in [5.74, 6) is -1.77. The van der Waals surface area contributed by atoms with Crippen LogP contribution < -0.4 is 4.74 Å². The zero-order valence-corrected chi connectivity index (χ0v) is 11.6. The first-order valence-corrected chi connectivity index (χ1v) is 6.33. The second kappa shape index (κ2) is 6.11. The second-order valence-corrected chi connectivity index (χ2v) is 4.74. The number of carboxylic acids is 1. The normalized spacial score (nSPS) is 10.3. The zero-order chi connectivity index (χ0) is 14.7. The van der Waals surface area contributed by atoms with E-state index < -0.39 is 11.8 Å². The molecule has 0 amide bonds. The van der Waals surface area contributed by atoms with E-state index in [1.165, 1.54) is 30.3 Å². The fourth-order valence-electron chi connectivity index (χ4n) is 1.63. The smallest absolute Gasteiger partial charge is 0.339 e. The van der Waals surface area contributed by atoms with Crippen LogP contribution in [0.25, 0.3) is 0 Å². The van der Waals surface area contributed by atoms with Crippen molar-refractivity contribution >= 4 is 29.2 Å². The minimum atomic E-state index is -1.17. The summed E-state index contributed by atoms with van der Waals surface area (Å²) < 4.78 is 19.0. The lowest BCUT2D eigenvalue weighted by Gasteiger charge is -2.11. The van der Waals surface area contributed by atoms with Gasteiger partial charge in [-0.3, -0.25) is 0 Å². The standard InChI is InChI=1S/C14H9Cl2FO3/c15-10-5-1-3-8(12(10)17)7-20-13-9(14(18)19)4-2-6-11(13)16/h1-6H,7H2,(H,18,19). The van der Waals surface area contributed by atoms with Crippen molar-refractivity contribution in [3.05, 3.63) is 63.4 Å². The maximum absolute atomic E-state index is 13.7. The summed E-state index contributed by atoms with van der Waals surface area (Å²) in [7, 11) is 0. The van der Waals surface area contributed by atoms with E-state index in [0.717, 1.165) is 0 Å². The van der Waals surface area contributed by atoms with E-state index in [1.807, 2.05) is 0 Å². The van der Waals surface area contributed by atoms with E-state index >= 15 is 0 Å². The predicted octanol–water partition coefficient (Wildman–Crippen LogP) is 4.41. The lowest BCUT2D eigenvalue weighted by Crippen LogP contribution is -2.05. The Morgan fingerprint density at radius 1 is 1.15 bits per heavy atom. The molecule has 0 unspecified atom stereocenters. The highest BCUT2D eigenvalue weighted by molar-refractivity contribution is 6.32. The van der Waals surface area contributed by atoms with E-state index in [0.29, 0.717) is 0 Å². The van der Waals surface area contributed by atoms with Gasteiger partial charge in [-0.25, -0.2) is 9.18 Å². The van der Waals surface area contributed by atoms with Gasteiger partial charge in [-0.1, -0.05) is 41.4 Å². The molecule has 0 heterocycles. The highest BCUT2D eigenvalue weighted by Gasteiger charge is 2.15. The van der Waals surface area contributed by atoms with E-state index in [9.17, 15) is 9.18 Å². The maximum Gasteiger partial charge on any atom is 0.339 e. The van der Waals surface area contributed by atoms with Gasteiger partial charge in [-0.15, -0.1) is 0 Å². The third-order valence-electron chi connectivity index (χ3n) is 2.60. The molecule has 20 heavy (non-hydrogen) atoms. The molecule has 0 aliphatic carbocycles. The first kappa shape index (κ1) is 14.6. The summed E-state index contributed by atoms with van der Waals surface area (Å²) in [5, 5.41) is 9.17. The number of rotatable bonds is 4. The van der Waals surface area contributed by atoms with Crippen molar-refractivity contribution in [2.45, 2.75) is 6.61 Å². The Kier molecular flexibility index (Phi) is 4.47. The highest BCUT2D eigenvalue weighted by Crippen LogP contribution is 2.30. The molecule has 104 valence electrons. The van der Waals surface area contributed by atoms with Gasteiger partial charge in [0.25, 0.3) is 0 Å². The molecule has 0 aliphatic rings. The van der Waals surface area contributed by atoms with Crippen molar-refractivity contribution in [1.82, 2.24) is 0 Å². The Morgan fingerprint density at radius 3 is 2.50 bits per heavy atom. The molecule has 3 nitrogen and oxygen atoms in total. The molecule has 1 N–H and O–H groups in total. The van der Waals surface area contributed by atoms with Crippen molar-refractivity contribution < 1.29 is 19.0 Å². The number of carboxylic acid groups (broad SMARTS) is 1. The molecule has 0 atom stereocenters. The molecule has 2 aromatic rings. The van der Waals surface area contributed by atoms with Gasteiger partial charge >= 0.3 is 5.97 Å². The van der Waals surface area contributed by atoms with Crippen LogP contribution in [-0.4, -0.2) is 11.1 Å². The molecule has 0 aromatic heterocycles. The first-order chi connectivity index (χ1) is 9.50. The monoisotopic (exact) mass is 314 g/mol. The van der Waals surface area contributed by atoms with Crippen LogP contribution in [0.4, 0.5) is 4.39 Å². The number of hydrogen-bond acceptors (Lipinski definition) is 2. The van der Waals surface area contributed by atoms with Crippen LogP contribution in [0, 0.1) is 5.82 Å². The molecular formula is C14H9Cl2FO3. The van der Waals surface area contributed by atoms with E-state index in [1.54, 1.807) is 6.07 Å². The summed E-state index contributed by atoms with van der Waals surface area (Å²) in [4.78, 5) is 11.1. The number of benzene rings is 2. The zero-order valence-electron chi connectivity index (χ0n) is 10.1. The van der Waals surface area contributed by atoms with Crippen LogP contribution in [0.1, 0.15) is 15.9 Å². The SMILES string of the molecule is O=C(O)c1cccc(Cl)c1OCc1cccc(Cl)c1F. The number of ether oxygens (including phenoxy) is 1. The summed E-state index contributed by atoms with van der Waals surface area (Å²) >= 11 is 11.6. The average molecular weight is 315 g/mol. The van der Waals surface area contributed by atoms with Gasteiger partial charge < -0.3 is 9.84 Å². The molecule has 2 aromatic carbocycles. The second-order valence-electron chi connectivity index (χ2n) is 3.92. The lowest BCUT2D eigenvalue weighted by molar-refractivity contribution is 0.0691. The Hall–Kier alpha value is -1.78. The van der Waals surface area contributed by atoms with Gasteiger partial charge in [-0.05, 0) is 18.2 Å². The Morgan fingerprint density at radius 2 is 1.80 bits per heavy atom. The van der Waals surface area contributed by atoms with Crippen LogP contribution in [0.5, 0.6) is 5.75 Å². The fourth-order valence-corrected chi connectivity index (χ4v) is 2.06. The number of halogens is 3. The quantitative estimate of drug-likeness (QED) is 0.909. The predicted molar refractivity (Wildman–Crippen MR) is 74.2 cm³/mol. The third kappa shape index (κ3) is 3.03. The van der Waals surface area contributed by atoms with E-state index in [-0.39, 0.29) is 33.5 Å². The lowest BCUT2D eigenvalue weighted by atomic mass is 10.2. The number of aromatic carboxylic acids is 1. The van der Waals surface area contributed by atoms with Crippen molar-refractivity contribution in [3.63, 3.8) is 0 Å². The van der Waals surface area contributed by atoms with Crippen LogP contribution in [0.2, 0.25) is 10.0 Å². The fraction of sp³-hybridized carbons (Fsp3) is 0.0714. The Balaban J connectivity index is 2.27. The number of para-hydroxylation sites is 1. The van der Waals surface area contributed by atoms with Crippen LogP contribution in [0.15, 0.2) is 36.4 Å². The summed E-state index contributed by atoms with van der Waals surface area (Å²) in [6.07, 6.45) is 0. The molecular weight excluding hydrogens is 306 g/mol. The van der Waals surface area contributed by atoms with E-state index in [2.05, 4.69) is 0 Å². The molecule has 0 bridgehead atoms. The molecule has 6 heteroatoms. The molecule has 0 fully saturated rings. The summed E-state index contributed by atoms with van der Waals surface area (Å²) in [6, 6.07) is 8.85. The Labute approximate surface area is 124 Å². The minimum Gasteiger partial charge on any atom is -0.486 e. The van der Waals surface area contributed by atoms with Crippen LogP contribution in [0.3, 0.4) is 0 Å². The van der Waals surface area contributed by atoms with E-state index in [4.69, 9.17) is 33.0 Å². The van der Waals surface area contributed by atoms with Gasteiger partial charge in [-0.2, -0.15) is 0 Å². The average Bonchev–Trinajstić information content (AvgIpc) is 2.41. The van der Waals surface area contributed by atoms with Gasteiger partial charge in [0.2, 0.25) is 0 Å². The van der Waals surface area contributed by atoms with Crippen molar-refractivity contribution in [2.24, 2.45) is 0 Å². The van der Waals surface area contributed by atoms with Crippen LogP contribution in [-0.2, 0) is 6.61 Å². The maximum atomic E-state index is 13.7. The topological polar surface area (TPSA) is 46.5 Å². The largest absolute Gasteiger partial charge is 0.486 e. The Bertz CT molecular complexity index is 659. The van der Waals surface area contributed by atoms with Crippen molar-refractivity contribution in [1.29, 1.82) is 0 Å². The molecule has 0 spiro atoms. The third-order valence-corrected chi connectivity index (χ3v) is 3.19. The van der Waals surface area contributed by atoms with Gasteiger partial charge in [0.05, 0.1) is 10.0 Å². The number of carbonyl (C=O) groups is 1. The molecule has 2 rings (SSSR count). The summed E-state index contributed by atoms with van der Waals surface area (Å²) in [6.45, 7) is -0.170. The molecule has 0 radical (unpaired) electrons. The van der Waals surface area contributed by atoms with Crippen molar-refractivity contribution in [3.8, 4) is 5.75 Å².